The van der Waals surface area contributed by atoms with Crippen molar-refractivity contribution >= 4 is 5.69 Å². The molecule has 3 heteroatoms. The summed E-state index contributed by atoms with van der Waals surface area (Å²) >= 11 is 0. The number of nitrogens with two attached hydrogens (primary N) is 1. The van der Waals surface area contributed by atoms with Crippen LogP contribution in [-0.2, 0) is 6.54 Å². The first-order valence-corrected chi connectivity index (χ1v) is 6.39. The van der Waals surface area contributed by atoms with Gasteiger partial charge < -0.3 is 15.7 Å². The largest absolute Gasteiger partial charge is 0.396 e. The molecular weight excluding hydrogens is 212 g/mol. The highest BCUT2D eigenvalue weighted by molar-refractivity contribution is 5.47. The molecule has 0 aliphatic carbocycles. The van der Waals surface area contributed by atoms with Crippen LogP contribution in [0.5, 0.6) is 0 Å². The standard InChI is InChI=1S/C14H24N2O/c1-16(9-4-2-3-5-10-17)14-8-6-7-13(11-14)12-15/h6-8,11,17H,2-5,9-10,12,15H2,1H3. The molecule has 0 heterocycles. The molecule has 0 aliphatic heterocycles. The second-order valence-corrected chi connectivity index (χ2v) is 4.43. The van der Waals surface area contributed by atoms with Crippen molar-refractivity contribution < 1.29 is 5.11 Å². The maximum Gasteiger partial charge on any atom is 0.0431 e. The molecule has 0 fully saturated rings. The number of benzene rings is 1. The number of aliphatic hydroxyl groups excluding tert-OH is 1. The van der Waals surface area contributed by atoms with Crippen molar-refractivity contribution in [2.24, 2.45) is 5.73 Å². The first-order chi connectivity index (χ1) is 8.27. The van der Waals surface area contributed by atoms with Crippen LogP contribution in [0, 0.1) is 0 Å². The molecule has 0 spiro atoms. The highest BCUT2D eigenvalue weighted by atomic mass is 16.2. The summed E-state index contributed by atoms with van der Waals surface area (Å²) in [7, 11) is 2.11. The number of unbranched alkanes of at least 4 members (excludes halogenated alkanes) is 3. The summed E-state index contributed by atoms with van der Waals surface area (Å²) in [6, 6.07) is 8.37. The third-order valence-electron chi connectivity index (χ3n) is 2.99. The smallest absolute Gasteiger partial charge is 0.0431 e. The van der Waals surface area contributed by atoms with Gasteiger partial charge in [0.1, 0.15) is 0 Å². The van der Waals surface area contributed by atoms with E-state index in [4.69, 9.17) is 10.8 Å². The molecule has 0 saturated carbocycles. The molecule has 0 atom stereocenters. The monoisotopic (exact) mass is 236 g/mol. The Labute approximate surface area is 104 Å². The van der Waals surface area contributed by atoms with E-state index in [0.717, 1.165) is 19.4 Å². The Morgan fingerprint density at radius 3 is 2.65 bits per heavy atom. The molecule has 1 aromatic carbocycles. The van der Waals surface area contributed by atoms with Crippen LogP contribution in [-0.4, -0.2) is 25.3 Å². The molecule has 1 rings (SSSR count). The van der Waals surface area contributed by atoms with Gasteiger partial charge >= 0.3 is 0 Å². The summed E-state index contributed by atoms with van der Waals surface area (Å²) in [5, 5.41) is 8.69. The average Bonchev–Trinajstić information content (AvgIpc) is 2.38. The molecule has 0 aromatic heterocycles. The predicted molar refractivity (Wildman–Crippen MR) is 73.2 cm³/mol. The van der Waals surface area contributed by atoms with Crippen molar-refractivity contribution in [2.75, 3.05) is 25.1 Å². The van der Waals surface area contributed by atoms with E-state index in [1.807, 2.05) is 0 Å². The van der Waals surface area contributed by atoms with Crippen LogP contribution in [0.3, 0.4) is 0 Å². The maximum atomic E-state index is 8.69. The third kappa shape index (κ3) is 5.20. The van der Waals surface area contributed by atoms with Crippen molar-refractivity contribution in [3.8, 4) is 0 Å². The Balaban J connectivity index is 2.33. The fourth-order valence-electron chi connectivity index (χ4n) is 1.86. The zero-order valence-corrected chi connectivity index (χ0v) is 10.7. The number of hydrogen-bond donors (Lipinski definition) is 2. The van der Waals surface area contributed by atoms with Gasteiger partial charge in [-0.05, 0) is 30.5 Å². The zero-order chi connectivity index (χ0) is 12.5. The zero-order valence-electron chi connectivity index (χ0n) is 10.7. The van der Waals surface area contributed by atoms with Gasteiger partial charge in [-0.3, -0.25) is 0 Å². The second kappa shape index (κ2) is 8.09. The number of anilines is 1. The van der Waals surface area contributed by atoms with Crippen LogP contribution in [0.15, 0.2) is 24.3 Å². The lowest BCUT2D eigenvalue weighted by Crippen LogP contribution is -2.18. The lowest BCUT2D eigenvalue weighted by Gasteiger charge is -2.19. The quantitative estimate of drug-likeness (QED) is 0.680. The molecule has 0 aliphatic rings. The first-order valence-electron chi connectivity index (χ1n) is 6.39. The van der Waals surface area contributed by atoms with E-state index in [1.54, 1.807) is 0 Å². The van der Waals surface area contributed by atoms with Crippen LogP contribution < -0.4 is 10.6 Å². The normalized spacial score (nSPS) is 10.5. The molecule has 0 bridgehead atoms. The second-order valence-electron chi connectivity index (χ2n) is 4.43. The van der Waals surface area contributed by atoms with Gasteiger partial charge in [0.15, 0.2) is 0 Å². The summed E-state index contributed by atoms with van der Waals surface area (Å²) in [4.78, 5) is 2.26. The number of hydrogen-bond acceptors (Lipinski definition) is 3. The van der Waals surface area contributed by atoms with Gasteiger partial charge in [-0.1, -0.05) is 25.0 Å². The molecule has 0 unspecified atom stereocenters. The van der Waals surface area contributed by atoms with E-state index in [9.17, 15) is 0 Å². The van der Waals surface area contributed by atoms with E-state index in [0.29, 0.717) is 13.2 Å². The highest BCUT2D eigenvalue weighted by Gasteiger charge is 2.01. The molecule has 96 valence electrons. The van der Waals surface area contributed by atoms with Gasteiger partial charge in [0.05, 0.1) is 0 Å². The van der Waals surface area contributed by atoms with E-state index >= 15 is 0 Å². The molecule has 3 N–H and O–H groups in total. The summed E-state index contributed by atoms with van der Waals surface area (Å²) < 4.78 is 0. The van der Waals surface area contributed by atoms with Gasteiger partial charge in [-0.2, -0.15) is 0 Å². The summed E-state index contributed by atoms with van der Waals surface area (Å²) in [6.45, 7) is 1.96. The molecule has 17 heavy (non-hydrogen) atoms. The van der Waals surface area contributed by atoms with Crippen molar-refractivity contribution in [1.29, 1.82) is 0 Å². The van der Waals surface area contributed by atoms with Crippen LogP contribution >= 0.6 is 0 Å². The van der Waals surface area contributed by atoms with E-state index in [-0.39, 0.29) is 0 Å². The fourth-order valence-corrected chi connectivity index (χ4v) is 1.86. The summed E-state index contributed by atoms with van der Waals surface area (Å²) in [5.41, 5.74) is 8.04. The van der Waals surface area contributed by atoms with Gasteiger partial charge in [0.2, 0.25) is 0 Å². The molecular formula is C14H24N2O. The number of rotatable bonds is 8. The Kier molecular flexibility index (Phi) is 6.67. The van der Waals surface area contributed by atoms with Crippen molar-refractivity contribution in [3.63, 3.8) is 0 Å². The van der Waals surface area contributed by atoms with Crippen LogP contribution in [0.2, 0.25) is 0 Å². The lowest BCUT2D eigenvalue weighted by atomic mass is 10.1. The SMILES string of the molecule is CN(CCCCCCO)c1cccc(CN)c1. The molecule has 3 nitrogen and oxygen atoms in total. The minimum atomic E-state index is 0.314. The lowest BCUT2D eigenvalue weighted by molar-refractivity contribution is 0.282. The van der Waals surface area contributed by atoms with E-state index in [2.05, 4.69) is 36.2 Å². The molecule has 0 saturated heterocycles. The van der Waals surface area contributed by atoms with Gasteiger partial charge in [0, 0.05) is 32.4 Å². The first kappa shape index (κ1) is 14.0. The topological polar surface area (TPSA) is 49.5 Å². The average molecular weight is 236 g/mol. The number of nitrogens with zero attached hydrogens (tertiary/aromatic N) is 1. The Morgan fingerprint density at radius 2 is 1.94 bits per heavy atom. The Morgan fingerprint density at radius 1 is 1.18 bits per heavy atom. The van der Waals surface area contributed by atoms with Crippen LogP contribution in [0.1, 0.15) is 31.2 Å². The molecule has 1 aromatic rings. The molecule has 0 amide bonds. The van der Waals surface area contributed by atoms with Crippen molar-refractivity contribution in [3.05, 3.63) is 29.8 Å². The van der Waals surface area contributed by atoms with Crippen molar-refractivity contribution in [2.45, 2.75) is 32.2 Å². The summed E-state index contributed by atoms with van der Waals surface area (Å²) in [5.74, 6) is 0. The highest BCUT2D eigenvalue weighted by Crippen LogP contribution is 2.15. The third-order valence-corrected chi connectivity index (χ3v) is 2.99. The number of aliphatic hydroxyl groups is 1. The van der Waals surface area contributed by atoms with Crippen molar-refractivity contribution in [1.82, 2.24) is 0 Å². The van der Waals surface area contributed by atoms with E-state index in [1.165, 1.54) is 24.1 Å². The Bertz CT molecular complexity index is 315. The maximum absolute atomic E-state index is 8.69. The minimum absolute atomic E-state index is 0.314. The van der Waals surface area contributed by atoms with E-state index < -0.39 is 0 Å². The predicted octanol–water partition coefficient (Wildman–Crippen LogP) is 2.13. The van der Waals surface area contributed by atoms with Crippen LogP contribution in [0.25, 0.3) is 0 Å². The Hall–Kier alpha value is -1.06. The molecule has 0 radical (unpaired) electrons. The van der Waals surface area contributed by atoms with Crippen LogP contribution in [0.4, 0.5) is 5.69 Å². The summed E-state index contributed by atoms with van der Waals surface area (Å²) in [6.07, 6.45) is 4.39. The van der Waals surface area contributed by atoms with Gasteiger partial charge in [-0.25, -0.2) is 0 Å². The van der Waals surface area contributed by atoms with Gasteiger partial charge in [-0.15, -0.1) is 0 Å². The minimum Gasteiger partial charge on any atom is -0.396 e. The van der Waals surface area contributed by atoms with Gasteiger partial charge in [0.25, 0.3) is 0 Å². The fraction of sp³-hybridized carbons (Fsp3) is 0.571.